The number of nitrogens with two attached hydrogens (primary N) is 1. The molecule has 0 bridgehead atoms. The van der Waals surface area contributed by atoms with E-state index in [0.29, 0.717) is 0 Å². The summed E-state index contributed by atoms with van der Waals surface area (Å²) < 4.78 is 0. The van der Waals surface area contributed by atoms with Gasteiger partial charge in [-0.05, 0) is 26.4 Å². The van der Waals surface area contributed by atoms with Crippen molar-refractivity contribution in [3.05, 3.63) is 12.7 Å². The van der Waals surface area contributed by atoms with Crippen molar-refractivity contribution < 1.29 is 0 Å². The molecular formula is C11H24N2. The molecule has 0 aliphatic carbocycles. The fourth-order valence-corrected chi connectivity index (χ4v) is 1.87. The fourth-order valence-electron chi connectivity index (χ4n) is 1.87. The maximum absolute atomic E-state index is 6.05. The van der Waals surface area contributed by atoms with Gasteiger partial charge in [-0.15, -0.1) is 6.58 Å². The minimum atomic E-state index is 0.0531. The van der Waals surface area contributed by atoms with E-state index in [2.05, 4.69) is 39.2 Å². The topological polar surface area (TPSA) is 29.3 Å². The third kappa shape index (κ3) is 2.55. The molecule has 0 aliphatic heterocycles. The number of likely N-dealkylation sites (N-methyl/N-ethyl adjacent to an activating group) is 1. The smallest absolute Gasteiger partial charge is 0.0406 e. The summed E-state index contributed by atoms with van der Waals surface area (Å²) in [6, 6.07) is 0.0531. The SMILES string of the molecule is C=CC(N)C(C)(CC)N(CC)CC. The van der Waals surface area contributed by atoms with Crippen LogP contribution in [0.3, 0.4) is 0 Å². The average Bonchev–Trinajstić information content (AvgIpc) is 2.17. The van der Waals surface area contributed by atoms with Crippen molar-refractivity contribution >= 4 is 0 Å². The molecule has 0 aromatic carbocycles. The Hall–Kier alpha value is -0.340. The lowest BCUT2D eigenvalue weighted by atomic mass is 9.87. The van der Waals surface area contributed by atoms with Crippen LogP contribution in [0.2, 0.25) is 0 Å². The fraction of sp³-hybridized carbons (Fsp3) is 0.818. The first-order valence-electron chi connectivity index (χ1n) is 5.19. The summed E-state index contributed by atoms with van der Waals surface area (Å²) in [5.74, 6) is 0. The van der Waals surface area contributed by atoms with E-state index in [1.165, 1.54) is 0 Å². The van der Waals surface area contributed by atoms with E-state index in [9.17, 15) is 0 Å². The number of hydrogen-bond acceptors (Lipinski definition) is 2. The molecule has 2 heteroatoms. The highest BCUT2D eigenvalue weighted by atomic mass is 15.2. The van der Waals surface area contributed by atoms with Gasteiger partial charge in [-0.1, -0.05) is 26.8 Å². The Morgan fingerprint density at radius 2 is 1.85 bits per heavy atom. The molecular weight excluding hydrogens is 160 g/mol. The lowest BCUT2D eigenvalue weighted by molar-refractivity contribution is 0.0990. The van der Waals surface area contributed by atoms with E-state index in [1.54, 1.807) is 0 Å². The minimum absolute atomic E-state index is 0.0531. The van der Waals surface area contributed by atoms with Gasteiger partial charge in [0.2, 0.25) is 0 Å². The molecule has 0 aromatic heterocycles. The van der Waals surface area contributed by atoms with Crippen LogP contribution in [-0.2, 0) is 0 Å². The highest BCUT2D eigenvalue weighted by Gasteiger charge is 2.32. The van der Waals surface area contributed by atoms with Gasteiger partial charge in [0.15, 0.2) is 0 Å². The average molecular weight is 184 g/mol. The van der Waals surface area contributed by atoms with Crippen molar-refractivity contribution in [2.24, 2.45) is 5.73 Å². The van der Waals surface area contributed by atoms with Crippen LogP contribution in [0.1, 0.15) is 34.1 Å². The van der Waals surface area contributed by atoms with E-state index in [1.807, 2.05) is 6.08 Å². The summed E-state index contributed by atoms with van der Waals surface area (Å²) in [4.78, 5) is 2.40. The highest BCUT2D eigenvalue weighted by molar-refractivity contribution is 5.02. The molecule has 0 radical (unpaired) electrons. The van der Waals surface area contributed by atoms with Crippen LogP contribution in [-0.4, -0.2) is 29.6 Å². The number of nitrogens with zero attached hydrogens (tertiary/aromatic N) is 1. The number of hydrogen-bond donors (Lipinski definition) is 1. The van der Waals surface area contributed by atoms with E-state index in [-0.39, 0.29) is 11.6 Å². The monoisotopic (exact) mass is 184 g/mol. The first-order chi connectivity index (χ1) is 6.06. The van der Waals surface area contributed by atoms with Crippen LogP contribution in [0, 0.1) is 0 Å². The van der Waals surface area contributed by atoms with Gasteiger partial charge in [0.25, 0.3) is 0 Å². The summed E-state index contributed by atoms with van der Waals surface area (Å²) in [5, 5.41) is 0. The van der Waals surface area contributed by atoms with Gasteiger partial charge in [0.1, 0.15) is 0 Å². The molecule has 78 valence electrons. The largest absolute Gasteiger partial charge is 0.323 e. The van der Waals surface area contributed by atoms with E-state index in [0.717, 1.165) is 19.5 Å². The Morgan fingerprint density at radius 3 is 2.08 bits per heavy atom. The molecule has 0 aromatic rings. The van der Waals surface area contributed by atoms with Gasteiger partial charge in [0, 0.05) is 11.6 Å². The van der Waals surface area contributed by atoms with Gasteiger partial charge >= 0.3 is 0 Å². The van der Waals surface area contributed by atoms with Gasteiger partial charge in [-0.3, -0.25) is 4.90 Å². The third-order valence-corrected chi connectivity index (χ3v) is 3.17. The van der Waals surface area contributed by atoms with Crippen LogP contribution in [0.5, 0.6) is 0 Å². The van der Waals surface area contributed by atoms with Gasteiger partial charge in [-0.25, -0.2) is 0 Å². The molecule has 2 unspecified atom stereocenters. The zero-order valence-corrected chi connectivity index (χ0v) is 9.51. The lowest BCUT2D eigenvalue weighted by Crippen LogP contribution is -2.56. The molecule has 0 saturated heterocycles. The van der Waals surface area contributed by atoms with Gasteiger partial charge in [-0.2, -0.15) is 0 Å². The summed E-state index contributed by atoms with van der Waals surface area (Å²) in [5.41, 5.74) is 6.12. The Bertz CT molecular complexity index is 152. The first-order valence-corrected chi connectivity index (χ1v) is 5.19. The molecule has 0 rings (SSSR count). The molecule has 0 amide bonds. The Labute approximate surface area is 82.8 Å². The van der Waals surface area contributed by atoms with Crippen molar-refractivity contribution in [1.29, 1.82) is 0 Å². The molecule has 0 aliphatic rings. The van der Waals surface area contributed by atoms with Crippen molar-refractivity contribution in [3.8, 4) is 0 Å². The predicted molar refractivity (Wildman–Crippen MR) is 59.8 cm³/mol. The zero-order chi connectivity index (χ0) is 10.5. The van der Waals surface area contributed by atoms with Crippen molar-refractivity contribution in [2.45, 2.75) is 45.7 Å². The Kier molecular flexibility index (Phi) is 5.26. The first kappa shape index (κ1) is 12.7. The maximum atomic E-state index is 6.05. The Balaban J connectivity index is 4.67. The normalized spacial score (nSPS) is 18.3. The maximum Gasteiger partial charge on any atom is 0.0406 e. The lowest BCUT2D eigenvalue weighted by Gasteiger charge is -2.43. The third-order valence-electron chi connectivity index (χ3n) is 3.17. The molecule has 0 fully saturated rings. The molecule has 0 saturated carbocycles. The predicted octanol–water partition coefficient (Wildman–Crippen LogP) is 2.01. The van der Waals surface area contributed by atoms with Crippen molar-refractivity contribution in [2.75, 3.05) is 13.1 Å². The summed E-state index contributed by atoms with van der Waals surface area (Å²) in [6.07, 6.45) is 2.91. The van der Waals surface area contributed by atoms with Crippen LogP contribution < -0.4 is 5.73 Å². The molecule has 13 heavy (non-hydrogen) atoms. The number of rotatable bonds is 6. The minimum Gasteiger partial charge on any atom is -0.323 e. The van der Waals surface area contributed by atoms with Crippen molar-refractivity contribution in [1.82, 2.24) is 4.90 Å². The summed E-state index contributed by atoms with van der Waals surface area (Å²) in [6.45, 7) is 14.6. The highest BCUT2D eigenvalue weighted by Crippen LogP contribution is 2.22. The molecule has 2 N–H and O–H groups in total. The zero-order valence-electron chi connectivity index (χ0n) is 9.51. The van der Waals surface area contributed by atoms with Crippen LogP contribution in [0.25, 0.3) is 0 Å². The second kappa shape index (κ2) is 5.40. The second-order valence-electron chi connectivity index (χ2n) is 3.64. The van der Waals surface area contributed by atoms with Gasteiger partial charge < -0.3 is 5.73 Å². The van der Waals surface area contributed by atoms with Gasteiger partial charge in [0.05, 0.1) is 0 Å². The van der Waals surface area contributed by atoms with E-state index < -0.39 is 0 Å². The van der Waals surface area contributed by atoms with Crippen LogP contribution in [0.15, 0.2) is 12.7 Å². The van der Waals surface area contributed by atoms with Crippen LogP contribution >= 0.6 is 0 Å². The molecule has 0 spiro atoms. The second-order valence-corrected chi connectivity index (χ2v) is 3.64. The molecule has 2 nitrogen and oxygen atoms in total. The Morgan fingerprint density at radius 1 is 1.38 bits per heavy atom. The molecule has 2 atom stereocenters. The van der Waals surface area contributed by atoms with E-state index >= 15 is 0 Å². The quantitative estimate of drug-likeness (QED) is 0.640. The van der Waals surface area contributed by atoms with Crippen molar-refractivity contribution in [3.63, 3.8) is 0 Å². The summed E-state index contributed by atoms with van der Waals surface area (Å²) in [7, 11) is 0. The molecule has 0 heterocycles. The van der Waals surface area contributed by atoms with E-state index in [4.69, 9.17) is 5.73 Å². The standard InChI is InChI=1S/C11H24N2/c1-6-10(12)11(5,7-2)13(8-3)9-4/h6,10H,1,7-9,12H2,2-5H3. The van der Waals surface area contributed by atoms with Crippen LogP contribution in [0.4, 0.5) is 0 Å². The summed E-state index contributed by atoms with van der Waals surface area (Å²) >= 11 is 0.